The lowest BCUT2D eigenvalue weighted by atomic mass is 10.1. The first-order valence-electron chi connectivity index (χ1n) is 7.13. The normalized spacial score (nSPS) is 10.9. The highest BCUT2D eigenvalue weighted by molar-refractivity contribution is 9.10. The molecule has 1 N–H and O–H groups in total. The molecule has 112 valence electrons. The molecule has 2 aromatic carbocycles. The molecule has 1 heterocycles. The van der Waals surface area contributed by atoms with Crippen LogP contribution in [0.4, 0.5) is 5.69 Å². The molecule has 1 aromatic heterocycles. The molecule has 0 saturated heterocycles. The number of rotatable bonds is 3. The molecule has 0 spiro atoms. The maximum absolute atomic E-state index is 12.3. The summed E-state index contributed by atoms with van der Waals surface area (Å²) in [4.78, 5) is 12.3. The largest absolute Gasteiger partial charge is 0.350 e. The topological polar surface area (TPSA) is 34.0 Å². The first-order valence-corrected chi connectivity index (χ1v) is 7.93. The number of carbonyl (C=O) groups excluding carboxylic acids is 1. The van der Waals surface area contributed by atoms with Crippen LogP contribution >= 0.6 is 15.9 Å². The van der Waals surface area contributed by atoms with Gasteiger partial charge in [0.15, 0.2) is 0 Å². The van der Waals surface area contributed by atoms with Gasteiger partial charge in [-0.25, -0.2) is 0 Å². The number of amides is 1. The fourth-order valence-corrected chi connectivity index (χ4v) is 3.18. The summed E-state index contributed by atoms with van der Waals surface area (Å²) in [5, 5.41) is 4.12. The molecule has 3 rings (SSSR count). The third kappa shape index (κ3) is 2.92. The minimum absolute atomic E-state index is 0.00164. The molecule has 0 aliphatic heterocycles. The molecule has 0 saturated carbocycles. The zero-order chi connectivity index (χ0) is 15.7. The third-order valence-electron chi connectivity index (χ3n) is 3.79. The van der Waals surface area contributed by atoms with Crippen LogP contribution in [0.15, 0.2) is 53.1 Å². The van der Waals surface area contributed by atoms with E-state index in [2.05, 4.69) is 37.9 Å². The summed E-state index contributed by atoms with van der Waals surface area (Å²) in [7, 11) is 2.00. The number of aryl methyl sites for hydroxylation is 2. The molecule has 4 heteroatoms. The van der Waals surface area contributed by atoms with E-state index >= 15 is 0 Å². The minimum Gasteiger partial charge on any atom is -0.350 e. The number of anilines is 1. The lowest BCUT2D eigenvalue weighted by Crippen LogP contribution is -2.15. The van der Waals surface area contributed by atoms with Crippen molar-refractivity contribution in [2.75, 3.05) is 5.32 Å². The number of hydrogen-bond acceptors (Lipinski definition) is 1. The van der Waals surface area contributed by atoms with Crippen molar-refractivity contribution in [2.24, 2.45) is 7.05 Å². The van der Waals surface area contributed by atoms with E-state index < -0.39 is 0 Å². The lowest BCUT2D eigenvalue weighted by Gasteiger charge is -2.08. The molecule has 0 atom stereocenters. The molecule has 3 aromatic rings. The summed E-state index contributed by atoms with van der Waals surface area (Å²) >= 11 is 3.43. The number of nitrogens with one attached hydrogen (secondary N) is 1. The number of nitrogens with zero attached hydrogens (tertiary/aromatic N) is 1. The van der Waals surface area contributed by atoms with Crippen LogP contribution in [0, 0.1) is 6.92 Å². The summed E-state index contributed by atoms with van der Waals surface area (Å²) < 4.78 is 3.07. The Balaban J connectivity index is 1.81. The van der Waals surface area contributed by atoms with Crippen molar-refractivity contribution in [2.45, 2.75) is 13.3 Å². The molecule has 0 aliphatic rings. The van der Waals surface area contributed by atoms with Crippen molar-refractivity contribution < 1.29 is 4.79 Å². The Hall–Kier alpha value is -2.07. The van der Waals surface area contributed by atoms with E-state index in [1.807, 2.05) is 50.5 Å². The molecular weight excluding hydrogens is 340 g/mol. The number of fused-ring (bicyclic) bond motifs is 1. The highest BCUT2D eigenvalue weighted by atomic mass is 79.9. The third-order valence-corrected chi connectivity index (χ3v) is 4.29. The Kier molecular flexibility index (Phi) is 4.03. The number of para-hydroxylation sites is 1. The van der Waals surface area contributed by atoms with Crippen LogP contribution in [0.5, 0.6) is 0 Å². The van der Waals surface area contributed by atoms with Crippen LogP contribution in [0.25, 0.3) is 10.9 Å². The number of benzene rings is 2. The predicted octanol–water partition coefficient (Wildman–Crippen LogP) is 4.43. The molecular formula is C18H17BrN2O. The summed E-state index contributed by atoms with van der Waals surface area (Å²) in [6.45, 7) is 1.98. The van der Waals surface area contributed by atoms with E-state index in [-0.39, 0.29) is 5.91 Å². The fourth-order valence-electron chi connectivity index (χ4n) is 2.70. The number of hydrogen-bond donors (Lipinski definition) is 1. The maximum atomic E-state index is 12.3. The van der Waals surface area contributed by atoms with E-state index in [4.69, 9.17) is 0 Å². The standard InChI is InChI=1S/C18H17BrN2O/c1-12-9-14(19)7-8-16(12)20-18(22)10-13-11-21(2)17-6-4-3-5-15(13)17/h3-9,11H,10H2,1-2H3,(H,20,22). The van der Waals surface area contributed by atoms with Gasteiger partial charge in [0.05, 0.1) is 6.42 Å². The number of halogens is 1. The van der Waals surface area contributed by atoms with Crippen LogP contribution in [-0.4, -0.2) is 10.5 Å². The van der Waals surface area contributed by atoms with Gasteiger partial charge in [-0.1, -0.05) is 34.1 Å². The second-order valence-corrected chi connectivity index (χ2v) is 6.38. The second kappa shape index (κ2) is 5.97. The van der Waals surface area contributed by atoms with Crippen molar-refractivity contribution in [3.05, 3.63) is 64.3 Å². The second-order valence-electron chi connectivity index (χ2n) is 5.47. The zero-order valence-corrected chi connectivity index (χ0v) is 14.1. The monoisotopic (exact) mass is 356 g/mol. The summed E-state index contributed by atoms with van der Waals surface area (Å²) in [5.74, 6) is 0.00164. The van der Waals surface area contributed by atoms with E-state index in [1.165, 1.54) is 0 Å². The molecule has 0 aliphatic carbocycles. The van der Waals surface area contributed by atoms with Gasteiger partial charge in [-0.3, -0.25) is 4.79 Å². The van der Waals surface area contributed by atoms with Gasteiger partial charge in [0.2, 0.25) is 5.91 Å². The number of aromatic nitrogens is 1. The number of carbonyl (C=O) groups is 1. The van der Waals surface area contributed by atoms with Gasteiger partial charge < -0.3 is 9.88 Å². The molecule has 22 heavy (non-hydrogen) atoms. The Labute approximate surface area is 138 Å². The van der Waals surface area contributed by atoms with Crippen molar-refractivity contribution in [1.29, 1.82) is 0 Å². The van der Waals surface area contributed by atoms with Crippen LogP contribution in [0.3, 0.4) is 0 Å². The Morgan fingerprint density at radius 2 is 2.00 bits per heavy atom. The Morgan fingerprint density at radius 3 is 2.77 bits per heavy atom. The van der Waals surface area contributed by atoms with Gasteiger partial charge in [-0.05, 0) is 42.3 Å². The predicted molar refractivity (Wildman–Crippen MR) is 94.1 cm³/mol. The maximum Gasteiger partial charge on any atom is 0.228 e. The lowest BCUT2D eigenvalue weighted by molar-refractivity contribution is -0.115. The SMILES string of the molecule is Cc1cc(Br)ccc1NC(=O)Cc1cn(C)c2ccccc12. The van der Waals surface area contributed by atoms with Crippen LogP contribution < -0.4 is 5.32 Å². The Morgan fingerprint density at radius 1 is 1.23 bits per heavy atom. The van der Waals surface area contributed by atoms with Gasteiger partial charge in [0.25, 0.3) is 0 Å². The fraction of sp³-hybridized carbons (Fsp3) is 0.167. The van der Waals surface area contributed by atoms with Gasteiger partial charge >= 0.3 is 0 Å². The van der Waals surface area contributed by atoms with E-state index in [0.29, 0.717) is 6.42 Å². The highest BCUT2D eigenvalue weighted by Crippen LogP contribution is 2.23. The first kappa shape index (κ1) is 14.9. The molecule has 3 nitrogen and oxygen atoms in total. The molecule has 0 bridgehead atoms. The van der Waals surface area contributed by atoms with Crippen molar-refractivity contribution in [3.8, 4) is 0 Å². The molecule has 0 unspecified atom stereocenters. The average Bonchev–Trinajstić information content (AvgIpc) is 2.79. The van der Waals surface area contributed by atoms with E-state index in [0.717, 1.165) is 32.2 Å². The molecule has 1 amide bonds. The summed E-state index contributed by atoms with van der Waals surface area (Å²) in [6, 6.07) is 14.0. The molecule has 0 fully saturated rings. The summed E-state index contributed by atoms with van der Waals surface area (Å²) in [5.41, 5.74) is 4.09. The van der Waals surface area contributed by atoms with Gasteiger partial charge in [-0.2, -0.15) is 0 Å². The van der Waals surface area contributed by atoms with Crippen LogP contribution in [-0.2, 0) is 18.3 Å². The van der Waals surface area contributed by atoms with Gasteiger partial charge in [0, 0.05) is 34.3 Å². The average molecular weight is 357 g/mol. The minimum atomic E-state index is 0.00164. The van der Waals surface area contributed by atoms with Crippen LogP contribution in [0.2, 0.25) is 0 Å². The zero-order valence-electron chi connectivity index (χ0n) is 12.6. The quantitative estimate of drug-likeness (QED) is 0.739. The van der Waals surface area contributed by atoms with E-state index in [9.17, 15) is 4.79 Å². The van der Waals surface area contributed by atoms with Crippen molar-refractivity contribution >= 4 is 38.4 Å². The smallest absolute Gasteiger partial charge is 0.228 e. The molecule has 0 radical (unpaired) electrons. The van der Waals surface area contributed by atoms with Crippen molar-refractivity contribution in [1.82, 2.24) is 4.57 Å². The highest BCUT2D eigenvalue weighted by Gasteiger charge is 2.11. The van der Waals surface area contributed by atoms with E-state index in [1.54, 1.807) is 0 Å². The Bertz CT molecular complexity index is 851. The van der Waals surface area contributed by atoms with Gasteiger partial charge in [-0.15, -0.1) is 0 Å². The van der Waals surface area contributed by atoms with Crippen molar-refractivity contribution in [3.63, 3.8) is 0 Å². The van der Waals surface area contributed by atoms with Crippen LogP contribution in [0.1, 0.15) is 11.1 Å². The first-order chi connectivity index (χ1) is 10.5. The summed E-state index contributed by atoms with van der Waals surface area (Å²) in [6.07, 6.45) is 2.40. The van der Waals surface area contributed by atoms with Gasteiger partial charge in [0.1, 0.15) is 0 Å².